The Morgan fingerprint density at radius 3 is 2.55 bits per heavy atom. The quantitative estimate of drug-likeness (QED) is 0.772. The first-order valence-corrected chi connectivity index (χ1v) is 7.82. The van der Waals surface area contributed by atoms with Crippen molar-refractivity contribution in [3.8, 4) is 5.75 Å². The van der Waals surface area contributed by atoms with Gasteiger partial charge in [-0.1, -0.05) is 15.9 Å². The maximum absolute atomic E-state index is 14.1. The van der Waals surface area contributed by atoms with Crippen molar-refractivity contribution in [1.29, 1.82) is 0 Å². The summed E-state index contributed by atoms with van der Waals surface area (Å²) in [6.07, 6.45) is 3.96. The average molecular weight is 342 g/mol. The van der Waals surface area contributed by atoms with E-state index in [1.165, 1.54) is 19.2 Å². The van der Waals surface area contributed by atoms with Crippen LogP contribution in [0.5, 0.6) is 5.75 Å². The Morgan fingerprint density at radius 2 is 2.00 bits per heavy atom. The Kier molecular flexibility index (Phi) is 3.71. The van der Waals surface area contributed by atoms with Crippen LogP contribution in [0.15, 0.2) is 18.2 Å². The number of halogens is 2. The molecule has 3 nitrogen and oxygen atoms in total. The summed E-state index contributed by atoms with van der Waals surface area (Å²) in [5, 5.41) is 0. The predicted molar refractivity (Wildman–Crippen MR) is 77.9 cm³/mol. The largest absolute Gasteiger partial charge is 0.497 e. The highest BCUT2D eigenvalue weighted by Gasteiger charge is 2.43. The van der Waals surface area contributed by atoms with E-state index in [0.717, 1.165) is 25.7 Å². The van der Waals surface area contributed by atoms with Crippen LogP contribution in [0, 0.1) is 5.82 Å². The van der Waals surface area contributed by atoms with Gasteiger partial charge in [0.25, 0.3) is 5.91 Å². The van der Waals surface area contributed by atoms with Gasteiger partial charge < -0.3 is 9.64 Å². The number of benzene rings is 1. The van der Waals surface area contributed by atoms with E-state index in [2.05, 4.69) is 15.9 Å². The summed E-state index contributed by atoms with van der Waals surface area (Å²) in [5.41, 5.74) is 0.149. The number of hydrogen-bond acceptors (Lipinski definition) is 2. The summed E-state index contributed by atoms with van der Waals surface area (Å²) in [7, 11) is 1.48. The second kappa shape index (κ2) is 5.35. The number of carbonyl (C=O) groups excluding carboxylic acids is 1. The van der Waals surface area contributed by atoms with Crippen LogP contribution in [-0.4, -0.2) is 34.8 Å². The third-order valence-electron chi connectivity index (χ3n) is 4.32. The van der Waals surface area contributed by atoms with Gasteiger partial charge in [-0.25, -0.2) is 4.39 Å². The molecule has 20 heavy (non-hydrogen) atoms. The van der Waals surface area contributed by atoms with Gasteiger partial charge in [-0.3, -0.25) is 4.79 Å². The van der Waals surface area contributed by atoms with Crippen molar-refractivity contribution in [3.05, 3.63) is 29.6 Å². The second-order valence-corrected chi connectivity index (χ2v) is 6.81. The zero-order valence-electron chi connectivity index (χ0n) is 11.3. The third-order valence-corrected chi connectivity index (χ3v) is 5.06. The van der Waals surface area contributed by atoms with Crippen molar-refractivity contribution in [1.82, 2.24) is 4.90 Å². The highest BCUT2D eigenvalue weighted by Crippen LogP contribution is 2.39. The van der Waals surface area contributed by atoms with E-state index in [1.54, 1.807) is 6.07 Å². The standard InChI is InChI=1S/C15H17BrFNO2/c1-20-12-4-5-13(14(17)8-12)15(19)18-10-2-3-11(18)7-9(16)6-10/h4-5,8-11H,2-3,6-7H2,1H3. The van der Waals surface area contributed by atoms with Crippen molar-refractivity contribution >= 4 is 21.8 Å². The maximum atomic E-state index is 14.1. The predicted octanol–water partition coefficient (Wildman–Crippen LogP) is 3.36. The molecule has 3 rings (SSSR count). The molecule has 2 bridgehead atoms. The molecule has 1 aromatic carbocycles. The molecule has 1 aromatic rings. The fourth-order valence-electron chi connectivity index (χ4n) is 3.38. The lowest BCUT2D eigenvalue weighted by atomic mass is 10.0. The molecular formula is C15H17BrFNO2. The number of nitrogens with zero attached hydrogens (tertiary/aromatic N) is 1. The number of fused-ring (bicyclic) bond motifs is 2. The Balaban J connectivity index is 1.86. The zero-order chi connectivity index (χ0) is 14.3. The molecule has 2 aliphatic heterocycles. The van der Waals surface area contributed by atoms with Gasteiger partial charge in [0.05, 0.1) is 12.7 Å². The van der Waals surface area contributed by atoms with Gasteiger partial charge in [-0.2, -0.15) is 0 Å². The lowest BCUT2D eigenvalue weighted by Gasteiger charge is -2.37. The summed E-state index contributed by atoms with van der Waals surface area (Å²) in [5.74, 6) is -0.257. The molecule has 0 spiro atoms. The van der Waals surface area contributed by atoms with Crippen molar-refractivity contribution in [2.75, 3.05) is 7.11 Å². The summed E-state index contributed by atoms with van der Waals surface area (Å²) in [4.78, 5) is 15.0. The summed E-state index contributed by atoms with van der Waals surface area (Å²) < 4.78 is 19.0. The Bertz CT molecular complexity index is 523. The van der Waals surface area contributed by atoms with Crippen LogP contribution >= 0.6 is 15.9 Å². The molecule has 5 heteroatoms. The SMILES string of the molecule is COc1ccc(C(=O)N2C3CCC2CC(Br)C3)c(F)c1. The number of ether oxygens (including phenoxy) is 1. The first-order chi connectivity index (χ1) is 9.60. The number of piperidine rings is 1. The molecular weight excluding hydrogens is 325 g/mol. The molecule has 2 unspecified atom stereocenters. The number of alkyl halides is 1. The van der Waals surface area contributed by atoms with Crippen LogP contribution in [0.2, 0.25) is 0 Å². The third kappa shape index (κ3) is 2.32. The van der Waals surface area contributed by atoms with Crippen LogP contribution in [-0.2, 0) is 0 Å². The van der Waals surface area contributed by atoms with Crippen LogP contribution in [0.3, 0.4) is 0 Å². The fraction of sp³-hybridized carbons (Fsp3) is 0.533. The van der Waals surface area contributed by atoms with Gasteiger partial charge in [-0.05, 0) is 37.8 Å². The van der Waals surface area contributed by atoms with Crippen molar-refractivity contribution in [2.24, 2.45) is 0 Å². The zero-order valence-corrected chi connectivity index (χ0v) is 12.9. The number of amides is 1. The molecule has 0 aromatic heterocycles. The van der Waals surface area contributed by atoms with E-state index >= 15 is 0 Å². The highest BCUT2D eigenvalue weighted by atomic mass is 79.9. The van der Waals surface area contributed by atoms with E-state index in [-0.39, 0.29) is 23.6 Å². The van der Waals surface area contributed by atoms with Crippen molar-refractivity contribution in [3.63, 3.8) is 0 Å². The van der Waals surface area contributed by atoms with Crippen molar-refractivity contribution < 1.29 is 13.9 Å². The van der Waals surface area contributed by atoms with E-state index in [4.69, 9.17) is 4.74 Å². The minimum absolute atomic E-state index is 0.149. The first-order valence-electron chi connectivity index (χ1n) is 6.90. The molecule has 0 aliphatic carbocycles. The summed E-state index contributed by atoms with van der Waals surface area (Å²) in [6, 6.07) is 4.91. The summed E-state index contributed by atoms with van der Waals surface area (Å²) >= 11 is 3.65. The first kappa shape index (κ1) is 13.9. The van der Waals surface area contributed by atoms with Gasteiger partial charge in [-0.15, -0.1) is 0 Å². The molecule has 108 valence electrons. The highest BCUT2D eigenvalue weighted by molar-refractivity contribution is 9.09. The topological polar surface area (TPSA) is 29.5 Å². The molecule has 0 saturated carbocycles. The van der Waals surface area contributed by atoms with Crippen LogP contribution in [0.4, 0.5) is 4.39 Å². The van der Waals surface area contributed by atoms with Crippen LogP contribution in [0.25, 0.3) is 0 Å². The van der Waals surface area contributed by atoms with E-state index in [0.29, 0.717) is 10.6 Å². The smallest absolute Gasteiger partial charge is 0.257 e. The normalized spacial score (nSPS) is 28.6. The lowest BCUT2D eigenvalue weighted by Crippen LogP contribution is -2.47. The Labute approximate surface area is 126 Å². The molecule has 2 fully saturated rings. The molecule has 1 amide bonds. The fourth-order valence-corrected chi connectivity index (χ4v) is 4.24. The molecule has 2 atom stereocenters. The van der Waals surface area contributed by atoms with E-state index < -0.39 is 5.82 Å². The van der Waals surface area contributed by atoms with Gasteiger partial charge in [0.15, 0.2) is 0 Å². The minimum Gasteiger partial charge on any atom is -0.497 e. The monoisotopic (exact) mass is 341 g/mol. The summed E-state index contributed by atoms with van der Waals surface area (Å²) in [6.45, 7) is 0. The number of hydrogen-bond donors (Lipinski definition) is 0. The van der Waals surface area contributed by atoms with Crippen LogP contribution < -0.4 is 4.74 Å². The molecule has 2 aliphatic rings. The van der Waals surface area contributed by atoms with Gasteiger partial charge in [0.1, 0.15) is 11.6 Å². The molecule has 2 heterocycles. The molecule has 0 N–H and O–H groups in total. The average Bonchev–Trinajstić information content (AvgIpc) is 2.70. The van der Waals surface area contributed by atoms with Gasteiger partial charge in [0.2, 0.25) is 0 Å². The Morgan fingerprint density at radius 1 is 1.35 bits per heavy atom. The van der Waals surface area contributed by atoms with Crippen molar-refractivity contribution in [2.45, 2.75) is 42.6 Å². The minimum atomic E-state index is -0.505. The van der Waals surface area contributed by atoms with Crippen LogP contribution in [0.1, 0.15) is 36.0 Å². The van der Waals surface area contributed by atoms with E-state index in [9.17, 15) is 9.18 Å². The maximum Gasteiger partial charge on any atom is 0.257 e. The molecule has 0 radical (unpaired) electrons. The second-order valence-electron chi connectivity index (χ2n) is 5.51. The molecule has 2 saturated heterocycles. The Hall–Kier alpha value is -1.10. The lowest BCUT2D eigenvalue weighted by molar-refractivity contribution is 0.0598. The number of rotatable bonds is 2. The van der Waals surface area contributed by atoms with Gasteiger partial charge >= 0.3 is 0 Å². The van der Waals surface area contributed by atoms with E-state index in [1.807, 2.05) is 4.90 Å². The number of methoxy groups -OCH3 is 1. The van der Waals surface area contributed by atoms with Gasteiger partial charge in [0, 0.05) is 23.0 Å². The number of carbonyl (C=O) groups is 1.